The Morgan fingerprint density at radius 1 is 1.25 bits per heavy atom. The summed E-state index contributed by atoms with van der Waals surface area (Å²) in [7, 11) is 0. The monoisotopic (exact) mass is 298 g/mol. The number of thiazole rings is 1. The van der Waals surface area contributed by atoms with E-state index in [1.165, 1.54) is 10.7 Å². The zero-order valence-corrected chi connectivity index (χ0v) is 14.9. The summed E-state index contributed by atoms with van der Waals surface area (Å²) in [6.45, 7) is 16.8. The van der Waals surface area contributed by atoms with Crippen molar-refractivity contribution in [2.75, 3.05) is 13.2 Å². The average molecular weight is 298 g/mol. The maximum Gasteiger partial charge on any atom is 0.0945 e. The summed E-state index contributed by atoms with van der Waals surface area (Å²) in [5.41, 5.74) is 1.12. The molecular formula is C16H30N2OS. The van der Waals surface area contributed by atoms with Crippen LogP contribution in [0.4, 0.5) is 0 Å². The van der Waals surface area contributed by atoms with Crippen molar-refractivity contribution in [3.8, 4) is 0 Å². The van der Waals surface area contributed by atoms with Gasteiger partial charge in [0.15, 0.2) is 0 Å². The van der Waals surface area contributed by atoms with E-state index < -0.39 is 0 Å². The van der Waals surface area contributed by atoms with Gasteiger partial charge in [-0.2, -0.15) is 0 Å². The van der Waals surface area contributed by atoms with Crippen LogP contribution in [0.15, 0.2) is 5.38 Å². The minimum absolute atomic E-state index is 0.123. The van der Waals surface area contributed by atoms with E-state index in [4.69, 9.17) is 9.72 Å². The minimum atomic E-state index is -0.182. The lowest BCUT2D eigenvalue weighted by atomic mass is 9.93. The molecule has 0 amide bonds. The fraction of sp³-hybridized carbons (Fsp3) is 0.812. The summed E-state index contributed by atoms with van der Waals surface area (Å²) < 4.78 is 5.90. The van der Waals surface area contributed by atoms with Crippen molar-refractivity contribution >= 4 is 11.3 Å². The Labute approximate surface area is 128 Å². The molecule has 20 heavy (non-hydrogen) atoms. The summed E-state index contributed by atoms with van der Waals surface area (Å²) in [6.07, 6.45) is 0.918. The predicted octanol–water partition coefficient (Wildman–Crippen LogP) is 3.78. The van der Waals surface area contributed by atoms with Gasteiger partial charge >= 0.3 is 0 Å². The van der Waals surface area contributed by atoms with Gasteiger partial charge in [-0.25, -0.2) is 4.98 Å². The van der Waals surface area contributed by atoms with Crippen LogP contribution in [0.3, 0.4) is 0 Å². The normalized spacial score (nSPS) is 14.6. The molecule has 0 aliphatic carbocycles. The van der Waals surface area contributed by atoms with Crippen LogP contribution >= 0.6 is 11.3 Å². The minimum Gasteiger partial charge on any atom is -0.374 e. The molecule has 0 bridgehead atoms. The Kier molecular flexibility index (Phi) is 6.17. The molecule has 1 aromatic heterocycles. The molecule has 1 unspecified atom stereocenters. The molecular weight excluding hydrogens is 268 g/mol. The fourth-order valence-electron chi connectivity index (χ4n) is 2.21. The van der Waals surface area contributed by atoms with E-state index in [-0.39, 0.29) is 17.1 Å². The van der Waals surface area contributed by atoms with E-state index in [2.05, 4.69) is 52.2 Å². The van der Waals surface area contributed by atoms with E-state index in [1.807, 2.05) is 6.92 Å². The second-order valence-electron chi connectivity index (χ2n) is 6.73. The van der Waals surface area contributed by atoms with Gasteiger partial charge < -0.3 is 10.1 Å². The third-order valence-corrected chi connectivity index (χ3v) is 4.38. The number of hydrogen-bond donors (Lipinski definition) is 1. The zero-order chi connectivity index (χ0) is 15.4. The maximum absolute atomic E-state index is 5.90. The lowest BCUT2D eigenvalue weighted by molar-refractivity contribution is -0.0377. The Bertz CT molecular complexity index is 407. The van der Waals surface area contributed by atoms with Crippen LogP contribution in [0.2, 0.25) is 0 Å². The predicted molar refractivity (Wildman–Crippen MR) is 87.7 cm³/mol. The van der Waals surface area contributed by atoms with Crippen LogP contribution in [0.5, 0.6) is 0 Å². The molecule has 1 N–H and O–H groups in total. The van der Waals surface area contributed by atoms with Gasteiger partial charge in [-0.05, 0) is 27.3 Å². The lowest BCUT2D eigenvalue weighted by Gasteiger charge is -2.34. The smallest absolute Gasteiger partial charge is 0.0945 e. The number of likely N-dealkylation sites (N-methyl/N-ethyl adjacent to an activating group) is 1. The van der Waals surface area contributed by atoms with Crippen molar-refractivity contribution in [3.63, 3.8) is 0 Å². The number of rotatable bonds is 7. The number of nitrogens with zero attached hydrogens (tertiary/aromatic N) is 1. The Balaban J connectivity index is 2.83. The van der Waals surface area contributed by atoms with Crippen molar-refractivity contribution in [1.82, 2.24) is 10.3 Å². The maximum atomic E-state index is 5.90. The Hall–Kier alpha value is -0.450. The van der Waals surface area contributed by atoms with E-state index in [9.17, 15) is 0 Å². The standard InChI is InChI=1S/C16H30N2OS/c1-8-17-12(16(6,7)19-9-2)10-14-18-13(11-20-14)15(3,4)5/h11-12,17H,8-10H2,1-7H3. The third kappa shape index (κ3) is 4.83. The summed E-state index contributed by atoms with van der Waals surface area (Å²) in [5.74, 6) is 0. The van der Waals surface area contributed by atoms with Gasteiger partial charge in [-0.3, -0.25) is 0 Å². The van der Waals surface area contributed by atoms with Crippen LogP contribution in [0.1, 0.15) is 59.2 Å². The first-order valence-electron chi connectivity index (χ1n) is 7.53. The van der Waals surface area contributed by atoms with Crippen molar-refractivity contribution in [2.45, 2.75) is 71.9 Å². The van der Waals surface area contributed by atoms with Gasteiger partial charge in [0.2, 0.25) is 0 Å². The van der Waals surface area contributed by atoms with E-state index in [1.54, 1.807) is 11.3 Å². The van der Waals surface area contributed by atoms with Gasteiger partial charge in [0.05, 0.1) is 16.3 Å². The molecule has 0 saturated heterocycles. The highest BCUT2D eigenvalue weighted by Crippen LogP contribution is 2.26. The fourth-order valence-corrected chi connectivity index (χ4v) is 3.27. The molecule has 0 saturated carbocycles. The summed E-state index contributed by atoms with van der Waals surface area (Å²) >= 11 is 1.76. The molecule has 0 fully saturated rings. The molecule has 0 aromatic carbocycles. The molecule has 1 aromatic rings. The molecule has 0 radical (unpaired) electrons. The van der Waals surface area contributed by atoms with Crippen molar-refractivity contribution in [3.05, 3.63) is 16.1 Å². The van der Waals surface area contributed by atoms with Crippen LogP contribution in [-0.4, -0.2) is 29.8 Å². The van der Waals surface area contributed by atoms with Gasteiger partial charge in [-0.1, -0.05) is 27.7 Å². The second kappa shape index (κ2) is 7.01. The zero-order valence-electron chi connectivity index (χ0n) is 14.0. The van der Waals surface area contributed by atoms with Gasteiger partial charge in [0.1, 0.15) is 0 Å². The third-order valence-electron chi connectivity index (χ3n) is 3.50. The first kappa shape index (κ1) is 17.6. The number of ether oxygens (including phenoxy) is 1. The first-order valence-corrected chi connectivity index (χ1v) is 8.41. The molecule has 0 spiro atoms. The highest BCUT2D eigenvalue weighted by atomic mass is 32.1. The topological polar surface area (TPSA) is 34.2 Å². The largest absolute Gasteiger partial charge is 0.374 e. The summed E-state index contributed by atoms with van der Waals surface area (Å²) in [6, 6.07) is 0.284. The van der Waals surface area contributed by atoms with Crippen LogP contribution < -0.4 is 5.32 Å². The number of hydrogen-bond acceptors (Lipinski definition) is 4. The molecule has 4 heteroatoms. The van der Waals surface area contributed by atoms with E-state index >= 15 is 0 Å². The van der Waals surface area contributed by atoms with Crippen molar-refractivity contribution in [1.29, 1.82) is 0 Å². The second-order valence-corrected chi connectivity index (χ2v) is 7.67. The highest BCUT2D eigenvalue weighted by molar-refractivity contribution is 7.09. The molecule has 0 aliphatic heterocycles. The molecule has 116 valence electrons. The lowest BCUT2D eigenvalue weighted by Crippen LogP contribution is -2.50. The van der Waals surface area contributed by atoms with Crippen LogP contribution in [0.25, 0.3) is 0 Å². The Morgan fingerprint density at radius 3 is 2.35 bits per heavy atom. The van der Waals surface area contributed by atoms with Gasteiger partial charge in [0, 0.05) is 29.9 Å². The average Bonchev–Trinajstić information content (AvgIpc) is 2.76. The SMILES string of the molecule is CCNC(Cc1nc(C(C)(C)C)cs1)C(C)(C)OCC. The van der Waals surface area contributed by atoms with Crippen molar-refractivity contribution in [2.24, 2.45) is 0 Å². The molecule has 1 atom stereocenters. The van der Waals surface area contributed by atoms with Crippen LogP contribution in [-0.2, 0) is 16.6 Å². The van der Waals surface area contributed by atoms with Crippen LogP contribution in [0, 0.1) is 0 Å². The first-order chi connectivity index (χ1) is 9.20. The van der Waals surface area contributed by atoms with E-state index in [0.717, 1.165) is 19.6 Å². The summed E-state index contributed by atoms with van der Waals surface area (Å²) in [5, 5.41) is 6.92. The quantitative estimate of drug-likeness (QED) is 0.832. The molecule has 0 aliphatic rings. The Morgan fingerprint density at radius 2 is 1.90 bits per heavy atom. The van der Waals surface area contributed by atoms with Gasteiger partial charge in [0.25, 0.3) is 0 Å². The van der Waals surface area contributed by atoms with E-state index in [0.29, 0.717) is 0 Å². The molecule has 1 heterocycles. The number of nitrogens with one attached hydrogen (secondary N) is 1. The number of aromatic nitrogens is 1. The summed E-state index contributed by atoms with van der Waals surface area (Å²) in [4.78, 5) is 4.80. The van der Waals surface area contributed by atoms with Crippen molar-refractivity contribution < 1.29 is 4.74 Å². The molecule has 1 rings (SSSR count). The highest BCUT2D eigenvalue weighted by Gasteiger charge is 2.30. The molecule has 3 nitrogen and oxygen atoms in total. The van der Waals surface area contributed by atoms with Gasteiger partial charge in [-0.15, -0.1) is 11.3 Å².